The standard InChI is InChI=1S/C26H33NO6/c1-15(2)21(26(30)32-18(5)17(4)20-11-9-8-10-16(20)3)14-22(29)24-25(33-19(6)28)23(31-7)12-13-27-24/h8-13,15,17-18,21H,14H2,1-7H3/t17-,18-,21-/m0/s1. The number of esters is 2. The smallest absolute Gasteiger partial charge is 0.309 e. The van der Waals surface area contributed by atoms with E-state index in [1.54, 1.807) is 0 Å². The van der Waals surface area contributed by atoms with Crippen LogP contribution in [0.4, 0.5) is 0 Å². The predicted molar refractivity (Wildman–Crippen MR) is 125 cm³/mol. The summed E-state index contributed by atoms with van der Waals surface area (Å²) in [5.41, 5.74) is 2.19. The molecule has 1 aromatic carbocycles. The van der Waals surface area contributed by atoms with E-state index < -0.39 is 23.6 Å². The zero-order valence-electron chi connectivity index (χ0n) is 20.4. The largest absolute Gasteiger partial charge is 0.493 e. The Morgan fingerprint density at radius 3 is 2.27 bits per heavy atom. The molecule has 0 N–H and O–H groups in total. The highest BCUT2D eigenvalue weighted by atomic mass is 16.6. The first-order chi connectivity index (χ1) is 15.6. The summed E-state index contributed by atoms with van der Waals surface area (Å²) in [5, 5.41) is 0. The number of carbonyl (C=O) groups excluding carboxylic acids is 3. The summed E-state index contributed by atoms with van der Waals surface area (Å²) in [7, 11) is 1.40. The number of rotatable bonds is 10. The zero-order chi connectivity index (χ0) is 24.7. The van der Waals surface area contributed by atoms with Gasteiger partial charge in [-0.1, -0.05) is 45.0 Å². The van der Waals surface area contributed by atoms with Gasteiger partial charge in [-0.05, 0) is 30.9 Å². The summed E-state index contributed by atoms with van der Waals surface area (Å²) in [6.45, 7) is 10.9. The summed E-state index contributed by atoms with van der Waals surface area (Å²) in [4.78, 5) is 41.8. The number of methoxy groups -OCH3 is 1. The van der Waals surface area contributed by atoms with Gasteiger partial charge in [0, 0.05) is 31.5 Å². The molecule has 178 valence electrons. The molecule has 2 aromatic rings. The molecule has 7 nitrogen and oxygen atoms in total. The molecule has 0 spiro atoms. The van der Waals surface area contributed by atoms with Gasteiger partial charge in [-0.15, -0.1) is 0 Å². The van der Waals surface area contributed by atoms with Crippen LogP contribution in [0.2, 0.25) is 0 Å². The summed E-state index contributed by atoms with van der Waals surface area (Å²) in [5.74, 6) is -2.14. The van der Waals surface area contributed by atoms with Crippen LogP contribution in [-0.4, -0.2) is 35.9 Å². The lowest BCUT2D eigenvalue weighted by Crippen LogP contribution is -2.30. The number of carbonyl (C=O) groups is 3. The van der Waals surface area contributed by atoms with Gasteiger partial charge in [0.25, 0.3) is 0 Å². The molecule has 0 unspecified atom stereocenters. The molecule has 1 aromatic heterocycles. The maximum atomic E-state index is 13.1. The third-order valence-corrected chi connectivity index (χ3v) is 5.80. The Kier molecular flexibility index (Phi) is 9.14. The summed E-state index contributed by atoms with van der Waals surface area (Å²) >= 11 is 0. The van der Waals surface area contributed by atoms with Crippen molar-refractivity contribution >= 4 is 17.7 Å². The second-order valence-electron chi connectivity index (χ2n) is 8.55. The van der Waals surface area contributed by atoms with E-state index in [1.807, 2.05) is 58.9 Å². The van der Waals surface area contributed by atoms with E-state index in [0.29, 0.717) is 0 Å². The molecule has 0 aliphatic heterocycles. The Balaban J connectivity index is 2.20. The molecular formula is C26H33NO6. The number of ether oxygens (including phenoxy) is 3. The maximum absolute atomic E-state index is 13.1. The molecule has 0 saturated heterocycles. The molecule has 0 aliphatic carbocycles. The summed E-state index contributed by atoms with van der Waals surface area (Å²) in [6, 6.07) is 9.48. The first-order valence-corrected chi connectivity index (χ1v) is 11.1. The Hall–Kier alpha value is -3.22. The summed E-state index contributed by atoms with van der Waals surface area (Å²) < 4.78 is 16.2. The van der Waals surface area contributed by atoms with Crippen LogP contribution in [0.5, 0.6) is 11.5 Å². The molecule has 0 amide bonds. The molecule has 0 fully saturated rings. The van der Waals surface area contributed by atoms with E-state index in [0.717, 1.165) is 11.1 Å². The lowest BCUT2D eigenvalue weighted by atomic mass is 9.89. The third kappa shape index (κ3) is 6.63. The topological polar surface area (TPSA) is 91.8 Å². The lowest BCUT2D eigenvalue weighted by molar-refractivity contribution is -0.155. The first-order valence-electron chi connectivity index (χ1n) is 11.1. The zero-order valence-corrected chi connectivity index (χ0v) is 20.4. The summed E-state index contributed by atoms with van der Waals surface area (Å²) in [6.07, 6.45) is 0.894. The predicted octanol–water partition coefficient (Wildman–Crippen LogP) is 4.90. The minimum atomic E-state index is -0.679. The second-order valence-corrected chi connectivity index (χ2v) is 8.55. The van der Waals surface area contributed by atoms with E-state index in [2.05, 4.69) is 4.98 Å². The number of hydrogen-bond donors (Lipinski definition) is 0. The highest BCUT2D eigenvalue weighted by molar-refractivity contribution is 6.00. The molecule has 33 heavy (non-hydrogen) atoms. The Morgan fingerprint density at radius 2 is 1.70 bits per heavy atom. The van der Waals surface area contributed by atoms with E-state index in [1.165, 1.54) is 26.3 Å². The fourth-order valence-electron chi connectivity index (χ4n) is 3.64. The Morgan fingerprint density at radius 1 is 1.03 bits per heavy atom. The SMILES string of the molecule is COc1ccnc(C(=O)C[C@H](C(=O)O[C@@H](C)[C@H](C)c2ccccc2C)C(C)C)c1OC(C)=O. The molecule has 0 bridgehead atoms. The van der Waals surface area contributed by atoms with Crippen molar-refractivity contribution in [2.24, 2.45) is 11.8 Å². The van der Waals surface area contributed by atoms with Crippen LogP contribution in [0.25, 0.3) is 0 Å². The van der Waals surface area contributed by atoms with Crippen molar-refractivity contribution in [2.75, 3.05) is 7.11 Å². The van der Waals surface area contributed by atoms with Gasteiger partial charge in [-0.3, -0.25) is 14.4 Å². The average Bonchev–Trinajstić information content (AvgIpc) is 2.76. The van der Waals surface area contributed by atoms with Gasteiger partial charge < -0.3 is 14.2 Å². The van der Waals surface area contributed by atoms with Crippen LogP contribution >= 0.6 is 0 Å². The van der Waals surface area contributed by atoms with E-state index in [-0.39, 0.29) is 41.6 Å². The fourth-order valence-corrected chi connectivity index (χ4v) is 3.64. The van der Waals surface area contributed by atoms with Crippen molar-refractivity contribution in [1.82, 2.24) is 4.98 Å². The van der Waals surface area contributed by atoms with E-state index in [9.17, 15) is 14.4 Å². The monoisotopic (exact) mass is 455 g/mol. The van der Waals surface area contributed by atoms with Crippen molar-refractivity contribution in [2.45, 2.75) is 60.0 Å². The van der Waals surface area contributed by atoms with Crippen LogP contribution in [0, 0.1) is 18.8 Å². The number of pyridine rings is 1. The molecule has 0 saturated carbocycles. The number of aromatic nitrogens is 1. The van der Waals surface area contributed by atoms with Crippen molar-refractivity contribution in [3.8, 4) is 11.5 Å². The van der Waals surface area contributed by atoms with Gasteiger partial charge in [0.15, 0.2) is 17.2 Å². The van der Waals surface area contributed by atoms with Crippen molar-refractivity contribution in [1.29, 1.82) is 0 Å². The van der Waals surface area contributed by atoms with Crippen LogP contribution in [0.1, 0.15) is 68.6 Å². The van der Waals surface area contributed by atoms with Crippen LogP contribution in [0.15, 0.2) is 36.5 Å². The van der Waals surface area contributed by atoms with Crippen molar-refractivity contribution in [3.63, 3.8) is 0 Å². The fraction of sp³-hybridized carbons (Fsp3) is 0.462. The molecule has 2 rings (SSSR count). The highest BCUT2D eigenvalue weighted by Crippen LogP contribution is 2.32. The quantitative estimate of drug-likeness (QED) is 0.371. The van der Waals surface area contributed by atoms with Gasteiger partial charge in [-0.25, -0.2) is 4.98 Å². The second kappa shape index (κ2) is 11.6. The van der Waals surface area contributed by atoms with Crippen LogP contribution in [0.3, 0.4) is 0 Å². The molecule has 0 aliphatic rings. The first kappa shape index (κ1) is 26.0. The van der Waals surface area contributed by atoms with Crippen molar-refractivity contribution in [3.05, 3.63) is 53.3 Å². The average molecular weight is 456 g/mol. The van der Waals surface area contributed by atoms with Crippen LogP contribution < -0.4 is 9.47 Å². The van der Waals surface area contributed by atoms with E-state index in [4.69, 9.17) is 14.2 Å². The highest BCUT2D eigenvalue weighted by Gasteiger charge is 2.32. The lowest BCUT2D eigenvalue weighted by Gasteiger charge is -2.26. The number of hydrogen-bond acceptors (Lipinski definition) is 7. The van der Waals surface area contributed by atoms with Gasteiger partial charge in [0.1, 0.15) is 6.10 Å². The van der Waals surface area contributed by atoms with Crippen LogP contribution in [-0.2, 0) is 14.3 Å². The molecule has 3 atom stereocenters. The van der Waals surface area contributed by atoms with Gasteiger partial charge in [0.05, 0.1) is 13.0 Å². The van der Waals surface area contributed by atoms with Gasteiger partial charge >= 0.3 is 11.9 Å². The number of nitrogens with zero attached hydrogens (tertiary/aromatic N) is 1. The number of Topliss-reactive ketones (excluding diaryl/α,β-unsaturated/α-hetero) is 1. The Bertz CT molecular complexity index is 1000. The number of ketones is 1. The van der Waals surface area contributed by atoms with Crippen molar-refractivity contribution < 1.29 is 28.6 Å². The molecule has 7 heteroatoms. The molecule has 0 radical (unpaired) electrons. The van der Waals surface area contributed by atoms with Gasteiger partial charge in [-0.2, -0.15) is 0 Å². The number of benzene rings is 1. The third-order valence-electron chi connectivity index (χ3n) is 5.80. The molecule has 1 heterocycles. The molecular weight excluding hydrogens is 422 g/mol. The van der Waals surface area contributed by atoms with E-state index >= 15 is 0 Å². The Labute approximate surface area is 195 Å². The normalized spacial score (nSPS) is 13.7. The van der Waals surface area contributed by atoms with Gasteiger partial charge in [0.2, 0.25) is 5.75 Å². The number of aryl methyl sites for hydroxylation is 1. The minimum absolute atomic E-state index is 0.00529. The minimum Gasteiger partial charge on any atom is -0.493 e. The maximum Gasteiger partial charge on any atom is 0.309 e.